The van der Waals surface area contributed by atoms with Crippen molar-refractivity contribution < 1.29 is 9.59 Å². The molecule has 2 N–H and O–H groups in total. The molecule has 3 aromatic rings. The second kappa shape index (κ2) is 8.58. The Morgan fingerprint density at radius 3 is 2.42 bits per heavy atom. The van der Waals surface area contributed by atoms with E-state index < -0.39 is 0 Å². The van der Waals surface area contributed by atoms with Crippen molar-refractivity contribution in [2.24, 2.45) is 0 Å². The number of hydrogen-bond acceptors (Lipinski definition) is 3. The molecule has 0 unspecified atom stereocenters. The van der Waals surface area contributed by atoms with Gasteiger partial charge in [0.05, 0.1) is 5.56 Å². The normalized spacial score (nSPS) is 10.2. The first-order valence-electron chi connectivity index (χ1n) is 8.36. The van der Waals surface area contributed by atoms with E-state index in [2.05, 4.69) is 15.6 Å². The molecule has 0 aliphatic rings. The molecule has 2 aromatic carbocycles. The van der Waals surface area contributed by atoms with E-state index in [0.717, 1.165) is 6.42 Å². The minimum atomic E-state index is -0.264. The summed E-state index contributed by atoms with van der Waals surface area (Å²) in [6.45, 7) is 0.551. The summed E-state index contributed by atoms with van der Waals surface area (Å²) >= 11 is 0. The van der Waals surface area contributed by atoms with Crippen LogP contribution in [0.2, 0.25) is 0 Å². The molecule has 3 rings (SSSR count). The van der Waals surface area contributed by atoms with Crippen LogP contribution in [0.5, 0.6) is 0 Å². The van der Waals surface area contributed by atoms with Gasteiger partial charge in [0.15, 0.2) is 0 Å². The molecule has 26 heavy (non-hydrogen) atoms. The van der Waals surface area contributed by atoms with E-state index in [-0.39, 0.29) is 11.8 Å². The number of anilines is 1. The topological polar surface area (TPSA) is 71.1 Å². The summed E-state index contributed by atoms with van der Waals surface area (Å²) < 4.78 is 0. The fourth-order valence-corrected chi connectivity index (χ4v) is 2.51. The number of hydrogen-bond donors (Lipinski definition) is 2. The molecule has 0 aliphatic heterocycles. The maximum Gasteiger partial charge on any atom is 0.257 e. The zero-order valence-electron chi connectivity index (χ0n) is 14.2. The number of amides is 2. The van der Waals surface area contributed by atoms with Crippen molar-refractivity contribution in [1.82, 2.24) is 10.3 Å². The van der Waals surface area contributed by atoms with Crippen LogP contribution in [0.15, 0.2) is 79.1 Å². The Bertz CT molecular complexity index is 880. The van der Waals surface area contributed by atoms with Crippen molar-refractivity contribution in [1.29, 1.82) is 0 Å². The molecule has 0 spiro atoms. The lowest BCUT2D eigenvalue weighted by Gasteiger charge is -2.08. The highest BCUT2D eigenvalue weighted by atomic mass is 16.2. The minimum Gasteiger partial charge on any atom is -0.352 e. The molecule has 5 nitrogen and oxygen atoms in total. The summed E-state index contributed by atoms with van der Waals surface area (Å²) in [6.07, 6.45) is 3.87. The molecule has 130 valence electrons. The number of nitrogens with one attached hydrogen (secondary N) is 2. The number of aromatic nitrogens is 1. The maximum absolute atomic E-state index is 12.3. The van der Waals surface area contributed by atoms with Crippen LogP contribution < -0.4 is 10.6 Å². The molecule has 1 heterocycles. The SMILES string of the molecule is O=C(NCCc1ccccc1)c1cccc(NC(=O)c2cccnc2)c1. The summed E-state index contributed by atoms with van der Waals surface area (Å²) in [4.78, 5) is 28.4. The van der Waals surface area contributed by atoms with Crippen LogP contribution in [-0.4, -0.2) is 23.3 Å². The first-order valence-corrected chi connectivity index (χ1v) is 8.36. The van der Waals surface area contributed by atoms with Crippen molar-refractivity contribution in [2.45, 2.75) is 6.42 Å². The number of carbonyl (C=O) groups is 2. The highest BCUT2D eigenvalue weighted by molar-refractivity contribution is 6.04. The van der Waals surface area contributed by atoms with Crippen LogP contribution in [0.3, 0.4) is 0 Å². The summed E-state index contributed by atoms with van der Waals surface area (Å²) in [5.41, 5.74) is 2.70. The van der Waals surface area contributed by atoms with Crippen molar-refractivity contribution in [2.75, 3.05) is 11.9 Å². The van der Waals surface area contributed by atoms with Crippen molar-refractivity contribution in [3.8, 4) is 0 Å². The quantitative estimate of drug-likeness (QED) is 0.720. The number of pyridine rings is 1. The van der Waals surface area contributed by atoms with Crippen LogP contribution >= 0.6 is 0 Å². The van der Waals surface area contributed by atoms with Gasteiger partial charge in [0.2, 0.25) is 0 Å². The molecule has 0 radical (unpaired) electrons. The Morgan fingerprint density at radius 2 is 1.65 bits per heavy atom. The van der Waals surface area contributed by atoms with Gasteiger partial charge in [-0.25, -0.2) is 0 Å². The molecular weight excluding hydrogens is 326 g/mol. The Kier molecular flexibility index (Phi) is 5.72. The highest BCUT2D eigenvalue weighted by Gasteiger charge is 2.09. The van der Waals surface area contributed by atoms with E-state index in [1.807, 2.05) is 30.3 Å². The molecule has 0 fully saturated rings. The van der Waals surface area contributed by atoms with Crippen molar-refractivity contribution in [3.63, 3.8) is 0 Å². The summed E-state index contributed by atoms with van der Waals surface area (Å²) in [6, 6.07) is 20.2. The Labute approximate surface area is 152 Å². The predicted octanol–water partition coefficient (Wildman–Crippen LogP) is 3.31. The maximum atomic E-state index is 12.3. The molecule has 5 heteroatoms. The third-order valence-electron chi connectivity index (χ3n) is 3.85. The third kappa shape index (κ3) is 4.77. The molecular formula is C21H19N3O2. The van der Waals surface area contributed by atoms with E-state index in [0.29, 0.717) is 23.4 Å². The summed E-state index contributed by atoms with van der Waals surface area (Å²) in [5, 5.41) is 5.67. The van der Waals surface area contributed by atoms with Crippen molar-refractivity contribution >= 4 is 17.5 Å². The van der Waals surface area contributed by atoms with Crippen molar-refractivity contribution in [3.05, 3.63) is 95.8 Å². The molecule has 1 aromatic heterocycles. The average Bonchev–Trinajstić information content (AvgIpc) is 2.69. The molecule has 0 saturated carbocycles. The third-order valence-corrected chi connectivity index (χ3v) is 3.85. The lowest BCUT2D eigenvalue weighted by Crippen LogP contribution is -2.25. The van der Waals surface area contributed by atoms with Gasteiger partial charge in [-0.2, -0.15) is 0 Å². The fraction of sp³-hybridized carbons (Fsp3) is 0.0952. The lowest BCUT2D eigenvalue weighted by molar-refractivity contribution is 0.0952. The Morgan fingerprint density at radius 1 is 0.846 bits per heavy atom. The van der Waals surface area contributed by atoms with Gasteiger partial charge in [-0.3, -0.25) is 14.6 Å². The van der Waals surface area contributed by atoms with Crippen LogP contribution in [-0.2, 0) is 6.42 Å². The fourth-order valence-electron chi connectivity index (χ4n) is 2.51. The minimum absolute atomic E-state index is 0.168. The second-order valence-electron chi connectivity index (χ2n) is 5.77. The van der Waals surface area contributed by atoms with E-state index >= 15 is 0 Å². The number of carbonyl (C=O) groups excluding carboxylic acids is 2. The number of benzene rings is 2. The zero-order valence-corrected chi connectivity index (χ0v) is 14.2. The van der Waals surface area contributed by atoms with E-state index in [1.165, 1.54) is 11.8 Å². The van der Waals surface area contributed by atoms with Gasteiger partial charge in [0.1, 0.15) is 0 Å². The van der Waals surface area contributed by atoms with Crippen LogP contribution in [0.4, 0.5) is 5.69 Å². The number of nitrogens with zero attached hydrogens (tertiary/aromatic N) is 1. The largest absolute Gasteiger partial charge is 0.352 e. The van der Waals surface area contributed by atoms with E-state index in [9.17, 15) is 9.59 Å². The smallest absolute Gasteiger partial charge is 0.257 e. The molecule has 2 amide bonds. The predicted molar refractivity (Wildman–Crippen MR) is 101 cm³/mol. The lowest BCUT2D eigenvalue weighted by atomic mass is 10.1. The zero-order chi connectivity index (χ0) is 18.2. The van der Waals surface area contributed by atoms with Gasteiger partial charge in [-0.1, -0.05) is 36.4 Å². The molecule has 0 saturated heterocycles. The average molecular weight is 345 g/mol. The van der Waals surface area contributed by atoms with Gasteiger partial charge >= 0.3 is 0 Å². The van der Waals surface area contributed by atoms with Gasteiger partial charge in [-0.15, -0.1) is 0 Å². The first kappa shape index (κ1) is 17.4. The molecule has 0 aliphatic carbocycles. The van der Waals surface area contributed by atoms with Gasteiger partial charge in [0, 0.05) is 30.2 Å². The van der Waals surface area contributed by atoms with Gasteiger partial charge in [0.25, 0.3) is 11.8 Å². The van der Waals surface area contributed by atoms with Crippen LogP contribution in [0.1, 0.15) is 26.3 Å². The van der Waals surface area contributed by atoms with Gasteiger partial charge < -0.3 is 10.6 Å². The van der Waals surface area contributed by atoms with E-state index in [4.69, 9.17) is 0 Å². The Hall–Kier alpha value is -3.47. The molecule has 0 atom stereocenters. The first-order chi connectivity index (χ1) is 12.7. The highest BCUT2D eigenvalue weighted by Crippen LogP contribution is 2.12. The molecule has 0 bridgehead atoms. The summed E-state index contributed by atoms with van der Waals surface area (Å²) in [5.74, 6) is -0.432. The standard InChI is InChI=1S/C21H19N3O2/c25-20(23-13-11-16-6-2-1-3-7-16)17-8-4-10-19(14-17)24-21(26)18-9-5-12-22-15-18/h1-10,12,14-15H,11,13H2,(H,23,25)(H,24,26). The van der Waals surface area contributed by atoms with Gasteiger partial charge in [-0.05, 0) is 42.3 Å². The second-order valence-corrected chi connectivity index (χ2v) is 5.77. The van der Waals surface area contributed by atoms with E-state index in [1.54, 1.807) is 42.6 Å². The monoisotopic (exact) mass is 345 g/mol. The Balaban J connectivity index is 1.58. The summed E-state index contributed by atoms with van der Waals surface area (Å²) in [7, 11) is 0. The van der Waals surface area contributed by atoms with Crippen LogP contribution in [0.25, 0.3) is 0 Å². The van der Waals surface area contributed by atoms with Crippen LogP contribution in [0, 0.1) is 0 Å². The number of rotatable bonds is 6.